The number of hydrogen-bond acceptors (Lipinski definition) is 10. The maximum atomic E-state index is 14.8. The summed E-state index contributed by atoms with van der Waals surface area (Å²) in [4.78, 5) is 79.4. The van der Waals surface area contributed by atoms with Gasteiger partial charge in [0.25, 0.3) is 5.91 Å². The first-order valence-corrected chi connectivity index (χ1v) is 24.3. The van der Waals surface area contributed by atoms with E-state index in [2.05, 4.69) is 79.1 Å². The Balaban J connectivity index is 1.14. The molecule has 2 N–H and O–H groups in total. The summed E-state index contributed by atoms with van der Waals surface area (Å²) >= 11 is 0. The summed E-state index contributed by atoms with van der Waals surface area (Å²) in [5, 5.41) is 5.59. The number of nitrogens with one attached hydrogen (secondary N) is 2. The molecule has 5 atom stereocenters. The summed E-state index contributed by atoms with van der Waals surface area (Å²) < 4.78 is 20.4. The summed E-state index contributed by atoms with van der Waals surface area (Å²) in [6.45, 7) is 17.9. The van der Waals surface area contributed by atoms with Gasteiger partial charge in [0, 0.05) is 68.3 Å². The van der Waals surface area contributed by atoms with Crippen molar-refractivity contribution in [1.82, 2.24) is 40.0 Å². The second-order valence-electron chi connectivity index (χ2n) is 20.3. The van der Waals surface area contributed by atoms with Gasteiger partial charge in [0.1, 0.15) is 30.5 Å². The van der Waals surface area contributed by atoms with Crippen LogP contribution in [-0.2, 0) is 52.8 Å². The second-order valence-corrected chi connectivity index (χ2v) is 20.3. The van der Waals surface area contributed by atoms with Crippen LogP contribution in [0.5, 0.6) is 0 Å². The van der Waals surface area contributed by atoms with Crippen LogP contribution in [0.4, 0.5) is 4.79 Å². The second kappa shape index (κ2) is 20.1. The van der Waals surface area contributed by atoms with Gasteiger partial charge in [-0.15, -0.1) is 0 Å². The number of methoxy groups -OCH3 is 1. The lowest BCUT2D eigenvalue weighted by Gasteiger charge is -2.37. The summed E-state index contributed by atoms with van der Waals surface area (Å²) in [5.74, 6) is -1.90. The van der Waals surface area contributed by atoms with Crippen molar-refractivity contribution >= 4 is 40.6 Å². The maximum Gasteiger partial charge on any atom is 0.324 e. The van der Waals surface area contributed by atoms with Gasteiger partial charge < -0.3 is 38.8 Å². The zero-order valence-corrected chi connectivity index (χ0v) is 41.4. The fraction of sp³-hybridized carbons (Fsp3) is 0.509. The number of benzene rings is 2. The van der Waals surface area contributed by atoms with E-state index in [1.165, 1.54) is 16.0 Å². The van der Waals surface area contributed by atoms with E-state index >= 15 is 0 Å². The highest BCUT2D eigenvalue weighted by molar-refractivity contribution is 5.96. The van der Waals surface area contributed by atoms with Crippen molar-refractivity contribution < 1.29 is 38.2 Å². The Labute approximate surface area is 405 Å². The van der Waals surface area contributed by atoms with Gasteiger partial charge in [0.2, 0.25) is 11.8 Å². The zero-order valence-electron chi connectivity index (χ0n) is 41.4. The molecule has 6 heterocycles. The van der Waals surface area contributed by atoms with Crippen molar-refractivity contribution in [2.24, 2.45) is 11.3 Å². The third-order valence-corrected chi connectivity index (χ3v) is 14.3. The molecule has 16 heteroatoms. The molecule has 0 saturated carbocycles. The van der Waals surface area contributed by atoms with Crippen molar-refractivity contribution in [1.29, 1.82) is 0 Å². The van der Waals surface area contributed by atoms with Gasteiger partial charge in [-0.25, -0.2) is 10.2 Å². The number of aromatic nitrogens is 2. The molecule has 69 heavy (non-hydrogen) atoms. The predicted octanol–water partition coefficient (Wildman–Crippen LogP) is 6.27. The van der Waals surface area contributed by atoms with Crippen molar-refractivity contribution in [3.8, 4) is 22.4 Å². The number of pyridine rings is 1. The quantitative estimate of drug-likeness (QED) is 0.144. The lowest BCUT2D eigenvalue weighted by atomic mass is 9.84. The van der Waals surface area contributed by atoms with Crippen LogP contribution in [0.1, 0.15) is 83.7 Å². The lowest BCUT2D eigenvalue weighted by Crippen LogP contribution is -2.62. The number of aryl methyl sites for hydroxylation is 1. The van der Waals surface area contributed by atoms with E-state index in [-0.39, 0.29) is 50.3 Å². The van der Waals surface area contributed by atoms with Gasteiger partial charge in [-0.1, -0.05) is 64.6 Å². The van der Waals surface area contributed by atoms with E-state index in [0.29, 0.717) is 51.9 Å². The number of amides is 5. The molecule has 4 aromatic rings. The van der Waals surface area contributed by atoms with Crippen molar-refractivity contribution in [3.63, 3.8) is 0 Å². The minimum atomic E-state index is -1.06. The molecular formula is C53H68N8O8. The molecule has 0 unspecified atom stereocenters. The van der Waals surface area contributed by atoms with Gasteiger partial charge >= 0.3 is 12.0 Å². The monoisotopic (exact) mass is 945 g/mol. The van der Waals surface area contributed by atoms with Crippen LogP contribution in [-0.4, -0.2) is 136 Å². The van der Waals surface area contributed by atoms with E-state index in [0.717, 1.165) is 50.1 Å². The Morgan fingerprint density at radius 2 is 1.81 bits per heavy atom. The van der Waals surface area contributed by atoms with Crippen molar-refractivity contribution in [3.05, 3.63) is 90.3 Å². The summed E-state index contributed by atoms with van der Waals surface area (Å²) in [6.07, 6.45) is 5.06. The van der Waals surface area contributed by atoms with Crippen LogP contribution in [0.15, 0.2) is 73.4 Å². The third-order valence-electron chi connectivity index (χ3n) is 14.3. The van der Waals surface area contributed by atoms with Crippen LogP contribution >= 0.6 is 0 Å². The highest BCUT2D eigenvalue weighted by Gasteiger charge is 2.48. The summed E-state index contributed by atoms with van der Waals surface area (Å²) in [5.41, 5.74) is 9.75. The Morgan fingerprint density at radius 3 is 2.55 bits per heavy atom. The Kier molecular flexibility index (Phi) is 14.4. The SMILES string of the molecule is C=CC(=O)N1CO[C@]2(CCN(C(=O)N(C)[C@H](C(=O)N[C@H]3Cc4cccc(c4)-c4ccc5c(c4)c(c(-c4cccnc4[C@H](C)OC)n5CC)CC(C)(C)COC(=O)[C@@H]4CCCN(N4)C3=O)C(C)C)C2)C1. The molecule has 0 radical (unpaired) electrons. The highest BCUT2D eigenvalue weighted by atomic mass is 16.5. The van der Waals surface area contributed by atoms with Crippen LogP contribution < -0.4 is 10.7 Å². The fourth-order valence-electron chi connectivity index (χ4n) is 10.7. The fourth-order valence-corrected chi connectivity index (χ4v) is 10.7. The van der Waals surface area contributed by atoms with Crippen LogP contribution in [0, 0.1) is 11.3 Å². The number of ether oxygens (including phenoxy) is 3. The number of likely N-dealkylation sites (tertiary alicyclic amines) is 1. The first-order valence-electron chi connectivity index (χ1n) is 24.3. The number of esters is 1. The van der Waals surface area contributed by atoms with E-state index in [9.17, 15) is 24.0 Å². The van der Waals surface area contributed by atoms with Gasteiger partial charge in [0.05, 0.1) is 37.2 Å². The summed E-state index contributed by atoms with van der Waals surface area (Å²) in [7, 11) is 3.29. The molecule has 4 aliphatic heterocycles. The number of urea groups is 1. The van der Waals surface area contributed by atoms with Crippen LogP contribution in [0.3, 0.4) is 0 Å². The van der Waals surface area contributed by atoms with E-state index in [1.54, 1.807) is 30.2 Å². The molecule has 4 aliphatic rings. The zero-order chi connectivity index (χ0) is 49.4. The van der Waals surface area contributed by atoms with Crippen LogP contribution in [0.25, 0.3) is 33.3 Å². The minimum Gasteiger partial charge on any atom is -0.464 e. The summed E-state index contributed by atoms with van der Waals surface area (Å²) in [6, 6.07) is 15.5. The topological polar surface area (TPSA) is 168 Å². The molecule has 2 aromatic heterocycles. The molecule has 368 valence electrons. The number of carbonyl (C=O) groups is 5. The van der Waals surface area contributed by atoms with Gasteiger partial charge in [-0.3, -0.25) is 29.2 Å². The number of rotatable bonds is 9. The molecule has 3 fully saturated rings. The Hall–Kier alpha value is -6.10. The van der Waals surface area contributed by atoms with Gasteiger partial charge in [0.15, 0.2) is 0 Å². The predicted molar refractivity (Wildman–Crippen MR) is 262 cm³/mol. The van der Waals surface area contributed by atoms with E-state index < -0.39 is 46.9 Å². The molecule has 16 nitrogen and oxygen atoms in total. The largest absolute Gasteiger partial charge is 0.464 e. The van der Waals surface area contributed by atoms with Gasteiger partial charge in [-0.05, 0) is 98.0 Å². The third kappa shape index (κ3) is 10.0. The number of cyclic esters (lactones) is 1. The average molecular weight is 945 g/mol. The Morgan fingerprint density at radius 1 is 1.04 bits per heavy atom. The van der Waals surface area contributed by atoms with E-state index in [4.69, 9.17) is 19.2 Å². The number of likely N-dealkylation sites (N-methyl/N-ethyl adjacent to an activating group) is 1. The first-order chi connectivity index (χ1) is 33.0. The minimum absolute atomic E-state index is 0.122. The molecule has 3 saturated heterocycles. The average Bonchev–Trinajstić information content (AvgIpc) is 4.06. The number of fused-ring (bicyclic) bond motifs is 6. The van der Waals surface area contributed by atoms with Gasteiger partial charge in [-0.2, -0.15) is 0 Å². The maximum absolute atomic E-state index is 14.8. The number of hydrogen-bond donors (Lipinski definition) is 2. The molecule has 0 aliphatic carbocycles. The van der Waals surface area contributed by atoms with E-state index in [1.807, 2.05) is 39.0 Å². The molecule has 5 amide bonds. The van der Waals surface area contributed by atoms with Crippen LogP contribution in [0.2, 0.25) is 0 Å². The normalized spacial score (nSPS) is 22.7. The first kappa shape index (κ1) is 49.3. The smallest absolute Gasteiger partial charge is 0.324 e. The molecule has 8 rings (SSSR count). The lowest BCUT2D eigenvalue weighted by molar-refractivity contribution is -0.155. The number of carbonyl (C=O) groups excluding carboxylic acids is 5. The standard InChI is InChI=1S/C53H68N8O8/c1-10-44(62)59-30-53(69-32-59)21-24-58(29-53)51(66)57(8)46(33(3)4)48(63)55-42-26-35-15-12-16-36(25-35)37-19-20-43-39(27-37)40(47(60(43)11-2)38-17-13-22-54-45(38)34(5)67-9)28-52(6,7)31-68-50(65)41-18-14-23-61(56-41)49(42)64/h10,12-13,15-17,19-20,22,25,27,33-34,41-42,46,56H,1,11,14,18,21,23-24,26,28-32H2,2-9H3,(H,55,63)/t34-,41-,42-,46-,53-/m0/s1. The molecule has 6 bridgehead atoms. The van der Waals surface area contributed by atoms with Crippen molar-refractivity contribution in [2.75, 3.05) is 53.7 Å². The Bertz CT molecular complexity index is 2630. The molecule has 2 aromatic carbocycles. The molecular weight excluding hydrogens is 877 g/mol. The highest BCUT2D eigenvalue weighted by Crippen LogP contribution is 2.42. The molecule has 1 spiro atoms. The number of nitrogens with zero attached hydrogens (tertiary/aromatic N) is 6. The number of hydrazine groups is 1. The van der Waals surface area contributed by atoms with Crippen molar-refractivity contribution in [2.45, 2.75) is 110 Å².